The molecule has 0 amide bonds. The first kappa shape index (κ1) is 13.9. The van der Waals surface area contributed by atoms with E-state index in [1.165, 1.54) is 27.6 Å². The van der Waals surface area contributed by atoms with Crippen LogP contribution in [0.2, 0.25) is 0 Å². The fourth-order valence-electron chi connectivity index (χ4n) is 2.89. The smallest absolute Gasteiger partial charge is 0.0481 e. The van der Waals surface area contributed by atoms with Gasteiger partial charge in [-0.15, -0.1) is 0 Å². The largest absolute Gasteiger partial charge is 0.350 e. The van der Waals surface area contributed by atoms with Crippen molar-refractivity contribution in [3.05, 3.63) is 71.4 Å². The Morgan fingerprint density at radius 1 is 1.10 bits per heavy atom. The van der Waals surface area contributed by atoms with E-state index in [4.69, 9.17) is 0 Å². The van der Waals surface area contributed by atoms with Crippen molar-refractivity contribution in [3.8, 4) is 0 Å². The summed E-state index contributed by atoms with van der Waals surface area (Å²) >= 11 is 0. The highest BCUT2D eigenvalue weighted by Crippen LogP contribution is 2.21. The van der Waals surface area contributed by atoms with Crippen molar-refractivity contribution in [1.82, 2.24) is 9.88 Å². The Morgan fingerprint density at radius 3 is 2.71 bits per heavy atom. The molecule has 3 rings (SSSR count). The van der Waals surface area contributed by atoms with Crippen LogP contribution >= 0.6 is 0 Å². The lowest BCUT2D eigenvalue weighted by atomic mass is 10.1. The van der Waals surface area contributed by atoms with Crippen molar-refractivity contribution < 1.29 is 0 Å². The molecule has 3 aromatic rings. The zero-order chi connectivity index (χ0) is 14.8. The molecular weight excluding hydrogens is 256 g/mol. The number of nitrogens with one attached hydrogen (secondary N) is 1. The summed E-state index contributed by atoms with van der Waals surface area (Å²) in [5.41, 5.74) is 5.30. The summed E-state index contributed by atoms with van der Waals surface area (Å²) in [7, 11) is 2.11. The number of nitrogens with zero attached hydrogens (tertiary/aromatic N) is 1. The molecule has 0 spiro atoms. The Kier molecular flexibility index (Phi) is 3.80. The maximum absolute atomic E-state index is 3.63. The van der Waals surface area contributed by atoms with Crippen molar-refractivity contribution in [2.45, 2.75) is 26.4 Å². The van der Waals surface area contributed by atoms with Gasteiger partial charge >= 0.3 is 0 Å². The van der Waals surface area contributed by atoms with Gasteiger partial charge in [-0.05, 0) is 31.0 Å². The number of fused-ring (bicyclic) bond motifs is 1. The molecule has 2 aromatic carbocycles. The van der Waals surface area contributed by atoms with Crippen LogP contribution in [-0.4, -0.2) is 4.57 Å². The maximum atomic E-state index is 3.63. The highest BCUT2D eigenvalue weighted by molar-refractivity contribution is 5.83. The molecule has 0 bridgehead atoms. The van der Waals surface area contributed by atoms with Gasteiger partial charge in [-0.1, -0.05) is 48.0 Å². The summed E-state index contributed by atoms with van der Waals surface area (Å²) in [5.74, 6) is 0. The molecule has 1 atom stereocenters. The summed E-state index contributed by atoms with van der Waals surface area (Å²) in [4.78, 5) is 0. The number of rotatable bonds is 4. The van der Waals surface area contributed by atoms with Crippen LogP contribution in [0.4, 0.5) is 0 Å². The second-order valence-electron chi connectivity index (χ2n) is 5.80. The molecule has 0 aliphatic heterocycles. The monoisotopic (exact) mass is 278 g/mol. The van der Waals surface area contributed by atoms with Crippen LogP contribution in [-0.2, 0) is 13.6 Å². The fourth-order valence-corrected chi connectivity index (χ4v) is 2.89. The predicted molar refractivity (Wildman–Crippen MR) is 89.4 cm³/mol. The van der Waals surface area contributed by atoms with Crippen LogP contribution in [0.1, 0.15) is 29.7 Å². The lowest BCUT2D eigenvalue weighted by molar-refractivity contribution is 0.575. The first-order valence-corrected chi connectivity index (χ1v) is 7.48. The first-order valence-electron chi connectivity index (χ1n) is 7.48. The minimum absolute atomic E-state index is 0.351. The SMILES string of the molecule is Cc1cccc([C@@H](C)NCc2cn(C)c3ccccc23)c1. The van der Waals surface area contributed by atoms with Crippen molar-refractivity contribution in [2.24, 2.45) is 7.05 Å². The van der Waals surface area contributed by atoms with Gasteiger partial charge in [0.15, 0.2) is 0 Å². The fraction of sp³-hybridized carbons (Fsp3) is 0.263. The molecule has 0 fully saturated rings. The molecule has 2 heteroatoms. The summed E-state index contributed by atoms with van der Waals surface area (Å²) in [6.45, 7) is 5.25. The van der Waals surface area contributed by atoms with Gasteiger partial charge in [-0.3, -0.25) is 0 Å². The third kappa shape index (κ3) is 2.86. The topological polar surface area (TPSA) is 17.0 Å². The zero-order valence-electron chi connectivity index (χ0n) is 12.9. The Hall–Kier alpha value is -2.06. The predicted octanol–water partition coefficient (Wildman–Crippen LogP) is 4.34. The molecule has 0 saturated heterocycles. The van der Waals surface area contributed by atoms with Gasteiger partial charge in [-0.2, -0.15) is 0 Å². The summed E-state index contributed by atoms with van der Waals surface area (Å²) < 4.78 is 2.20. The van der Waals surface area contributed by atoms with Gasteiger partial charge in [0.25, 0.3) is 0 Å². The molecule has 2 nitrogen and oxygen atoms in total. The molecule has 0 saturated carbocycles. The van der Waals surface area contributed by atoms with Crippen LogP contribution in [0.3, 0.4) is 0 Å². The summed E-state index contributed by atoms with van der Waals surface area (Å²) in [5, 5.41) is 4.97. The third-order valence-corrected chi connectivity index (χ3v) is 4.12. The third-order valence-electron chi connectivity index (χ3n) is 4.12. The van der Waals surface area contributed by atoms with E-state index in [-0.39, 0.29) is 0 Å². The Bertz CT molecular complexity index is 755. The minimum Gasteiger partial charge on any atom is -0.350 e. The lowest BCUT2D eigenvalue weighted by Gasteiger charge is -2.14. The van der Waals surface area contributed by atoms with E-state index < -0.39 is 0 Å². The first-order chi connectivity index (χ1) is 10.1. The van der Waals surface area contributed by atoms with E-state index in [2.05, 4.69) is 85.5 Å². The van der Waals surface area contributed by atoms with Gasteiger partial charge < -0.3 is 9.88 Å². The van der Waals surface area contributed by atoms with Crippen molar-refractivity contribution in [1.29, 1.82) is 0 Å². The highest BCUT2D eigenvalue weighted by atomic mass is 14.9. The van der Waals surface area contributed by atoms with E-state index in [1.807, 2.05) is 0 Å². The minimum atomic E-state index is 0.351. The molecule has 0 unspecified atom stereocenters. The number of hydrogen-bond donors (Lipinski definition) is 1. The summed E-state index contributed by atoms with van der Waals surface area (Å²) in [6.07, 6.45) is 2.22. The van der Waals surface area contributed by atoms with Crippen LogP contribution in [0.25, 0.3) is 10.9 Å². The Labute approximate surface area is 126 Å². The van der Waals surface area contributed by atoms with E-state index in [1.54, 1.807) is 0 Å². The van der Waals surface area contributed by atoms with Gasteiger partial charge in [0.2, 0.25) is 0 Å². The normalized spacial score (nSPS) is 12.7. The number of benzene rings is 2. The molecule has 0 radical (unpaired) electrons. The molecule has 108 valence electrons. The molecule has 0 aliphatic carbocycles. The Balaban J connectivity index is 1.77. The average molecular weight is 278 g/mol. The molecule has 1 heterocycles. The van der Waals surface area contributed by atoms with E-state index >= 15 is 0 Å². The second-order valence-corrected chi connectivity index (χ2v) is 5.80. The van der Waals surface area contributed by atoms with Gasteiger partial charge in [-0.25, -0.2) is 0 Å². The van der Waals surface area contributed by atoms with Crippen LogP contribution in [0.5, 0.6) is 0 Å². The number of aryl methyl sites for hydroxylation is 2. The Morgan fingerprint density at radius 2 is 1.90 bits per heavy atom. The molecular formula is C19H22N2. The maximum Gasteiger partial charge on any atom is 0.0481 e. The van der Waals surface area contributed by atoms with Crippen molar-refractivity contribution in [2.75, 3.05) is 0 Å². The van der Waals surface area contributed by atoms with Crippen molar-refractivity contribution >= 4 is 10.9 Å². The van der Waals surface area contributed by atoms with Crippen molar-refractivity contribution in [3.63, 3.8) is 0 Å². The quantitative estimate of drug-likeness (QED) is 0.751. The van der Waals surface area contributed by atoms with E-state index in [9.17, 15) is 0 Å². The van der Waals surface area contributed by atoms with Gasteiger partial charge in [0.05, 0.1) is 0 Å². The molecule has 21 heavy (non-hydrogen) atoms. The van der Waals surface area contributed by atoms with Crippen LogP contribution < -0.4 is 5.32 Å². The average Bonchev–Trinajstić information content (AvgIpc) is 2.82. The number of para-hydroxylation sites is 1. The lowest BCUT2D eigenvalue weighted by Crippen LogP contribution is -2.18. The van der Waals surface area contributed by atoms with Gasteiger partial charge in [0.1, 0.15) is 0 Å². The van der Waals surface area contributed by atoms with E-state index in [0.717, 1.165) is 6.54 Å². The number of hydrogen-bond acceptors (Lipinski definition) is 1. The molecule has 0 aliphatic rings. The van der Waals surface area contributed by atoms with Gasteiger partial charge in [0, 0.05) is 36.7 Å². The highest BCUT2D eigenvalue weighted by Gasteiger charge is 2.08. The zero-order valence-corrected chi connectivity index (χ0v) is 12.9. The summed E-state index contributed by atoms with van der Waals surface area (Å²) in [6, 6.07) is 17.6. The second kappa shape index (κ2) is 5.74. The molecule has 1 aromatic heterocycles. The van der Waals surface area contributed by atoms with E-state index in [0.29, 0.717) is 6.04 Å². The number of aromatic nitrogens is 1. The van der Waals surface area contributed by atoms with Crippen LogP contribution in [0, 0.1) is 6.92 Å². The standard InChI is InChI=1S/C19H22N2/c1-14-7-6-8-16(11-14)15(2)20-12-17-13-21(3)19-10-5-4-9-18(17)19/h4-11,13,15,20H,12H2,1-3H3/t15-/m1/s1. The molecule has 1 N–H and O–H groups in total. The van der Waals surface area contributed by atoms with Crippen LogP contribution in [0.15, 0.2) is 54.7 Å².